The number of hydrogen-bond donors (Lipinski definition) is 0. The summed E-state index contributed by atoms with van der Waals surface area (Å²) in [5.74, 6) is 1.35. The Morgan fingerprint density at radius 3 is 2.53 bits per heavy atom. The monoisotopic (exact) mass is 240 g/mol. The molecule has 0 radical (unpaired) electrons. The first-order valence-electron chi connectivity index (χ1n) is 6.82. The van der Waals surface area contributed by atoms with Gasteiger partial charge in [0, 0.05) is 6.42 Å². The zero-order chi connectivity index (χ0) is 13.1. The third-order valence-corrected chi connectivity index (χ3v) is 2.90. The van der Waals surface area contributed by atoms with E-state index in [2.05, 4.69) is 27.4 Å². The molecule has 0 fully saturated rings. The normalized spacial score (nSPS) is 12.5. The molecular formula is C15H28O2. The van der Waals surface area contributed by atoms with Crippen LogP contribution in [0.5, 0.6) is 0 Å². The second-order valence-corrected chi connectivity index (χ2v) is 5.27. The maximum Gasteiger partial charge on any atom is 0.306 e. The van der Waals surface area contributed by atoms with E-state index < -0.39 is 0 Å². The van der Waals surface area contributed by atoms with Crippen LogP contribution < -0.4 is 0 Å². The Labute approximate surface area is 106 Å². The molecule has 0 spiro atoms. The number of esters is 1. The van der Waals surface area contributed by atoms with Crippen LogP contribution >= 0.6 is 0 Å². The summed E-state index contributed by atoms with van der Waals surface area (Å²) >= 11 is 0. The van der Waals surface area contributed by atoms with Gasteiger partial charge in [0.15, 0.2) is 0 Å². The molecule has 1 atom stereocenters. The van der Waals surface area contributed by atoms with Crippen LogP contribution in [0.15, 0.2) is 12.7 Å². The van der Waals surface area contributed by atoms with Crippen LogP contribution in [-0.2, 0) is 9.53 Å². The van der Waals surface area contributed by atoms with E-state index in [-0.39, 0.29) is 5.97 Å². The van der Waals surface area contributed by atoms with Gasteiger partial charge in [-0.05, 0) is 24.7 Å². The highest BCUT2D eigenvalue weighted by Gasteiger charge is 2.05. The van der Waals surface area contributed by atoms with Crippen molar-refractivity contribution in [1.29, 1.82) is 0 Å². The average molecular weight is 240 g/mol. The molecule has 0 aliphatic rings. The Hall–Kier alpha value is -0.790. The van der Waals surface area contributed by atoms with E-state index in [1.165, 1.54) is 19.3 Å². The second kappa shape index (κ2) is 10.4. The number of allylic oxidation sites excluding steroid dienone is 1. The molecule has 0 aromatic rings. The summed E-state index contributed by atoms with van der Waals surface area (Å²) in [4.78, 5) is 11.2. The quantitative estimate of drug-likeness (QED) is 0.419. The Kier molecular flexibility index (Phi) is 9.89. The fraction of sp³-hybridized carbons (Fsp3) is 0.800. The molecule has 2 nitrogen and oxygen atoms in total. The van der Waals surface area contributed by atoms with Crippen molar-refractivity contribution in [1.82, 2.24) is 0 Å². The van der Waals surface area contributed by atoms with Crippen LogP contribution in [0.2, 0.25) is 0 Å². The van der Waals surface area contributed by atoms with Crippen molar-refractivity contribution in [3.63, 3.8) is 0 Å². The van der Waals surface area contributed by atoms with E-state index in [1.807, 2.05) is 0 Å². The number of carbonyl (C=O) groups excluding carboxylic acids is 1. The van der Waals surface area contributed by atoms with Gasteiger partial charge in [0.05, 0.1) is 6.61 Å². The number of ether oxygens (including phenoxy) is 1. The molecule has 0 aliphatic heterocycles. The zero-order valence-electron chi connectivity index (χ0n) is 11.7. The number of rotatable bonds is 10. The minimum absolute atomic E-state index is 0.0979. The predicted octanol–water partition coefficient (Wildman–Crippen LogP) is 4.35. The standard InChI is InChI=1S/C15H28O2/c1-5-6-10-15(16)17-12-11-14(4)9-7-8-13(2)3/h5,13-14H,1,6-12H2,2-4H3. The molecule has 0 aromatic heterocycles. The number of hydrogen-bond acceptors (Lipinski definition) is 2. The van der Waals surface area contributed by atoms with Gasteiger partial charge in [-0.3, -0.25) is 4.79 Å². The van der Waals surface area contributed by atoms with Gasteiger partial charge in [0.2, 0.25) is 0 Å². The first kappa shape index (κ1) is 16.2. The van der Waals surface area contributed by atoms with Crippen molar-refractivity contribution in [2.45, 2.75) is 59.3 Å². The molecule has 100 valence electrons. The summed E-state index contributed by atoms with van der Waals surface area (Å²) < 4.78 is 5.16. The molecule has 2 heteroatoms. The summed E-state index contributed by atoms with van der Waals surface area (Å²) in [5.41, 5.74) is 0. The minimum Gasteiger partial charge on any atom is -0.466 e. The van der Waals surface area contributed by atoms with Gasteiger partial charge in [-0.25, -0.2) is 0 Å². The second-order valence-electron chi connectivity index (χ2n) is 5.27. The van der Waals surface area contributed by atoms with Crippen molar-refractivity contribution in [3.8, 4) is 0 Å². The van der Waals surface area contributed by atoms with Crippen LogP contribution in [0.3, 0.4) is 0 Å². The van der Waals surface area contributed by atoms with Gasteiger partial charge < -0.3 is 4.74 Å². The van der Waals surface area contributed by atoms with E-state index in [0.717, 1.165) is 12.3 Å². The molecule has 0 N–H and O–H groups in total. The van der Waals surface area contributed by atoms with Gasteiger partial charge in [-0.1, -0.05) is 46.1 Å². The molecule has 0 aromatic carbocycles. The van der Waals surface area contributed by atoms with E-state index in [9.17, 15) is 4.79 Å². The van der Waals surface area contributed by atoms with Gasteiger partial charge >= 0.3 is 5.97 Å². The molecule has 1 unspecified atom stereocenters. The Morgan fingerprint density at radius 2 is 1.94 bits per heavy atom. The van der Waals surface area contributed by atoms with Gasteiger partial charge in [-0.2, -0.15) is 0 Å². The largest absolute Gasteiger partial charge is 0.466 e. The van der Waals surface area contributed by atoms with Gasteiger partial charge in [0.1, 0.15) is 0 Å². The zero-order valence-corrected chi connectivity index (χ0v) is 11.7. The molecule has 0 saturated heterocycles. The Morgan fingerprint density at radius 1 is 1.24 bits per heavy atom. The highest BCUT2D eigenvalue weighted by Crippen LogP contribution is 2.15. The van der Waals surface area contributed by atoms with Crippen LogP contribution in [0.25, 0.3) is 0 Å². The lowest BCUT2D eigenvalue weighted by Gasteiger charge is -2.12. The Balaban J connectivity index is 3.40. The summed E-state index contributed by atoms with van der Waals surface area (Å²) in [6.07, 6.45) is 7.72. The SMILES string of the molecule is C=CCCC(=O)OCCC(C)CCCC(C)C. The molecule has 0 amide bonds. The first-order chi connectivity index (χ1) is 8.06. The predicted molar refractivity (Wildman–Crippen MR) is 72.9 cm³/mol. The molecule has 0 bridgehead atoms. The Bertz CT molecular complexity index is 209. The summed E-state index contributed by atoms with van der Waals surface area (Å²) in [5, 5.41) is 0. The van der Waals surface area contributed by atoms with Crippen molar-refractivity contribution >= 4 is 5.97 Å². The van der Waals surface area contributed by atoms with Crippen LogP contribution in [0.4, 0.5) is 0 Å². The fourth-order valence-corrected chi connectivity index (χ4v) is 1.68. The van der Waals surface area contributed by atoms with E-state index >= 15 is 0 Å². The topological polar surface area (TPSA) is 26.3 Å². The highest BCUT2D eigenvalue weighted by atomic mass is 16.5. The molecular weight excluding hydrogens is 212 g/mol. The van der Waals surface area contributed by atoms with E-state index in [0.29, 0.717) is 25.4 Å². The first-order valence-corrected chi connectivity index (χ1v) is 6.82. The van der Waals surface area contributed by atoms with Crippen molar-refractivity contribution in [3.05, 3.63) is 12.7 Å². The van der Waals surface area contributed by atoms with E-state index in [1.54, 1.807) is 6.08 Å². The third kappa shape index (κ3) is 11.5. The lowest BCUT2D eigenvalue weighted by molar-refractivity contribution is -0.143. The summed E-state index contributed by atoms with van der Waals surface area (Å²) in [6.45, 7) is 10.9. The molecule has 0 saturated carbocycles. The van der Waals surface area contributed by atoms with Gasteiger partial charge in [-0.15, -0.1) is 6.58 Å². The lowest BCUT2D eigenvalue weighted by Crippen LogP contribution is -2.08. The van der Waals surface area contributed by atoms with Crippen LogP contribution in [-0.4, -0.2) is 12.6 Å². The van der Waals surface area contributed by atoms with Crippen LogP contribution in [0, 0.1) is 11.8 Å². The number of carbonyl (C=O) groups is 1. The van der Waals surface area contributed by atoms with Gasteiger partial charge in [0.25, 0.3) is 0 Å². The summed E-state index contributed by atoms with van der Waals surface area (Å²) in [7, 11) is 0. The fourth-order valence-electron chi connectivity index (χ4n) is 1.68. The molecule has 0 aliphatic carbocycles. The highest BCUT2D eigenvalue weighted by molar-refractivity contribution is 5.69. The average Bonchev–Trinajstić information content (AvgIpc) is 2.25. The molecule has 0 rings (SSSR count). The molecule has 0 heterocycles. The maximum absolute atomic E-state index is 11.2. The van der Waals surface area contributed by atoms with E-state index in [4.69, 9.17) is 4.74 Å². The molecule has 17 heavy (non-hydrogen) atoms. The maximum atomic E-state index is 11.2. The van der Waals surface area contributed by atoms with Crippen LogP contribution in [0.1, 0.15) is 59.3 Å². The minimum atomic E-state index is -0.0979. The van der Waals surface area contributed by atoms with Crippen molar-refractivity contribution in [2.75, 3.05) is 6.61 Å². The third-order valence-electron chi connectivity index (χ3n) is 2.90. The van der Waals surface area contributed by atoms with Crippen molar-refractivity contribution in [2.24, 2.45) is 11.8 Å². The lowest BCUT2D eigenvalue weighted by atomic mass is 9.98. The van der Waals surface area contributed by atoms with Crippen molar-refractivity contribution < 1.29 is 9.53 Å². The summed E-state index contributed by atoms with van der Waals surface area (Å²) in [6, 6.07) is 0. The smallest absolute Gasteiger partial charge is 0.306 e.